The molecule has 0 aliphatic heterocycles. The van der Waals surface area contributed by atoms with Gasteiger partial charge in [0.05, 0.1) is 17.7 Å². The largest absolute Gasteiger partial charge is 0.459 e. The van der Waals surface area contributed by atoms with E-state index in [2.05, 4.69) is 25.7 Å². The molecule has 3 aromatic heterocycles. The van der Waals surface area contributed by atoms with Crippen LogP contribution in [-0.2, 0) is 5.75 Å². The molecule has 0 N–H and O–H groups in total. The summed E-state index contributed by atoms with van der Waals surface area (Å²) in [7, 11) is 0. The predicted molar refractivity (Wildman–Crippen MR) is 80.7 cm³/mol. The summed E-state index contributed by atoms with van der Waals surface area (Å²) in [5, 5.41) is 20.1. The molecule has 0 unspecified atom stereocenters. The van der Waals surface area contributed by atoms with E-state index in [0.29, 0.717) is 28.5 Å². The molecule has 4 rings (SSSR count). The summed E-state index contributed by atoms with van der Waals surface area (Å²) in [6, 6.07) is 13.2. The molecule has 0 atom stereocenters. The van der Waals surface area contributed by atoms with E-state index in [1.807, 2.05) is 30.3 Å². The van der Waals surface area contributed by atoms with Crippen molar-refractivity contribution in [2.45, 2.75) is 11.0 Å². The number of furan rings is 1. The lowest BCUT2D eigenvalue weighted by molar-refractivity contribution is 0.447. The van der Waals surface area contributed by atoms with E-state index in [-0.39, 0.29) is 0 Å². The molecule has 0 aliphatic rings. The second-order valence-electron chi connectivity index (χ2n) is 4.48. The second-order valence-corrected chi connectivity index (χ2v) is 5.41. The van der Waals surface area contributed by atoms with Gasteiger partial charge in [-0.15, -0.1) is 15.3 Å². The van der Waals surface area contributed by atoms with Crippen LogP contribution < -0.4 is 0 Å². The van der Waals surface area contributed by atoms with E-state index in [0.717, 1.165) is 5.69 Å². The number of para-hydroxylation sites is 1. The summed E-state index contributed by atoms with van der Waals surface area (Å²) in [6.45, 7) is 0. The van der Waals surface area contributed by atoms with E-state index >= 15 is 0 Å². The first kappa shape index (κ1) is 13.7. The summed E-state index contributed by atoms with van der Waals surface area (Å²) in [5.74, 6) is 2.08. The van der Waals surface area contributed by atoms with Gasteiger partial charge >= 0.3 is 0 Å². The fourth-order valence-corrected chi connectivity index (χ4v) is 2.63. The quantitative estimate of drug-likeness (QED) is 0.516. The number of hydrogen-bond donors (Lipinski definition) is 0. The zero-order chi connectivity index (χ0) is 15.5. The van der Waals surface area contributed by atoms with Crippen molar-refractivity contribution in [1.82, 2.24) is 30.4 Å². The van der Waals surface area contributed by atoms with E-state index in [4.69, 9.17) is 8.83 Å². The van der Waals surface area contributed by atoms with Gasteiger partial charge in [-0.3, -0.25) is 0 Å². The topological polar surface area (TPSA) is 95.7 Å². The van der Waals surface area contributed by atoms with Gasteiger partial charge in [0.2, 0.25) is 0 Å². The molecule has 9 heteroatoms. The number of rotatable bonds is 5. The van der Waals surface area contributed by atoms with E-state index in [1.54, 1.807) is 23.1 Å². The van der Waals surface area contributed by atoms with E-state index in [9.17, 15) is 0 Å². The highest BCUT2D eigenvalue weighted by molar-refractivity contribution is 7.98. The van der Waals surface area contributed by atoms with Crippen molar-refractivity contribution in [3.05, 3.63) is 54.6 Å². The van der Waals surface area contributed by atoms with Crippen molar-refractivity contribution in [3.63, 3.8) is 0 Å². The van der Waals surface area contributed by atoms with Gasteiger partial charge in [-0.25, -0.2) is 0 Å². The lowest BCUT2D eigenvalue weighted by Crippen LogP contribution is -2.01. The Hall–Kier alpha value is -2.94. The molecule has 8 nitrogen and oxygen atoms in total. The predicted octanol–water partition coefficient (Wildman–Crippen LogP) is 2.60. The minimum Gasteiger partial charge on any atom is -0.459 e. The first-order chi connectivity index (χ1) is 11.4. The van der Waals surface area contributed by atoms with Gasteiger partial charge in [0.15, 0.2) is 11.6 Å². The van der Waals surface area contributed by atoms with Crippen LogP contribution >= 0.6 is 11.8 Å². The Morgan fingerprint density at radius 3 is 2.74 bits per heavy atom. The maximum atomic E-state index is 5.54. The zero-order valence-electron chi connectivity index (χ0n) is 11.7. The van der Waals surface area contributed by atoms with Crippen molar-refractivity contribution >= 4 is 11.8 Å². The molecule has 0 amide bonds. The summed E-state index contributed by atoms with van der Waals surface area (Å²) < 4.78 is 12.4. The number of hydrogen-bond acceptors (Lipinski definition) is 8. The lowest BCUT2D eigenvalue weighted by atomic mass is 10.3. The van der Waals surface area contributed by atoms with Crippen LogP contribution in [0, 0.1) is 0 Å². The Labute approximate surface area is 134 Å². The maximum absolute atomic E-state index is 5.54. The monoisotopic (exact) mass is 326 g/mol. The van der Waals surface area contributed by atoms with Gasteiger partial charge in [0.25, 0.3) is 11.1 Å². The van der Waals surface area contributed by atoms with Gasteiger partial charge in [-0.2, -0.15) is 4.68 Å². The minimum atomic E-state index is 0.347. The van der Waals surface area contributed by atoms with Crippen LogP contribution in [-0.4, -0.2) is 30.4 Å². The third kappa shape index (κ3) is 2.86. The van der Waals surface area contributed by atoms with Gasteiger partial charge in [0.1, 0.15) is 0 Å². The third-order valence-electron chi connectivity index (χ3n) is 3.00. The molecule has 0 saturated carbocycles. The molecular weight excluding hydrogens is 316 g/mol. The van der Waals surface area contributed by atoms with Crippen molar-refractivity contribution in [2.75, 3.05) is 0 Å². The Kier molecular flexibility index (Phi) is 3.60. The normalized spacial score (nSPS) is 11.0. The van der Waals surface area contributed by atoms with Gasteiger partial charge in [-0.05, 0) is 34.7 Å². The summed E-state index contributed by atoms with van der Waals surface area (Å²) in [4.78, 5) is 0. The number of nitrogens with zero attached hydrogens (tertiary/aromatic N) is 6. The zero-order valence-corrected chi connectivity index (χ0v) is 12.6. The molecule has 1 aromatic carbocycles. The van der Waals surface area contributed by atoms with Crippen LogP contribution in [0.4, 0.5) is 0 Å². The van der Waals surface area contributed by atoms with Crippen molar-refractivity contribution in [1.29, 1.82) is 0 Å². The number of tetrazole rings is 1. The molecule has 23 heavy (non-hydrogen) atoms. The number of benzene rings is 1. The number of aromatic nitrogens is 6. The molecule has 4 aromatic rings. The fourth-order valence-electron chi connectivity index (χ4n) is 1.96. The van der Waals surface area contributed by atoms with Crippen molar-refractivity contribution < 1.29 is 8.83 Å². The Balaban J connectivity index is 1.49. The first-order valence-electron chi connectivity index (χ1n) is 6.73. The van der Waals surface area contributed by atoms with Crippen LogP contribution in [0.15, 0.2) is 62.8 Å². The first-order valence-corrected chi connectivity index (χ1v) is 7.71. The average Bonchev–Trinajstić information content (AvgIpc) is 3.33. The summed E-state index contributed by atoms with van der Waals surface area (Å²) in [5.41, 5.74) is 0.898. The Morgan fingerprint density at radius 2 is 1.91 bits per heavy atom. The SMILES string of the molecule is c1ccc(-n2nnnc2CSc2nnc(-c3ccco3)o2)cc1. The molecule has 0 bridgehead atoms. The van der Waals surface area contributed by atoms with Crippen LogP contribution in [0.5, 0.6) is 0 Å². The van der Waals surface area contributed by atoms with E-state index in [1.165, 1.54) is 11.8 Å². The van der Waals surface area contributed by atoms with Gasteiger partial charge in [0, 0.05) is 0 Å². The lowest BCUT2D eigenvalue weighted by Gasteiger charge is -2.02. The standard InChI is InChI=1S/C14H10N6O2S/c1-2-5-10(6-3-1)20-12(15-18-19-20)9-23-14-17-16-13(22-14)11-7-4-8-21-11/h1-8H,9H2. The minimum absolute atomic E-state index is 0.347. The fraction of sp³-hybridized carbons (Fsp3) is 0.0714. The average molecular weight is 326 g/mol. The van der Waals surface area contributed by atoms with Crippen LogP contribution in [0.25, 0.3) is 17.3 Å². The Morgan fingerprint density at radius 1 is 1.00 bits per heavy atom. The molecule has 3 heterocycles. The smallest absolute Gasteiger partial charge is 0.284 e. The number of thioether (sulfide) groups is 1. The van der Waals surface area contributed by atoms with E-state index < -0.39 is 0 Å². The second kappa shape index (κ2) is 6.05. The molecule has 0 spiro atoms. The van der Waals surface area contributed by atoms with Crippen molar-refractivity contribution in [3.8, 4) is 17.3 Å². The maximum Gasteiger partial charge on any atom is 0.284 e. The highest BCUT2D eigenvalue weighted by atomic mass is 32.2. The Bertz CT molecular complexity index is 887. The summed E-state index contributed by atoms with van der Waals surface area (Å²) >= 11 is 1.36. The molecular formula is C14H10N6O2S. The van der Waals surface area contributed by atoms with Crippen LogP contribution in [0.1, 0.15) is 5.82 Å². The molecule has 0 saturated heterocycles. The highest BCUT2D eigenvalue weighted by Crippen LogP contribution is 2.25. The van der Waals surface area contributed by atoms with Gasteiger partial charge < -0.3 is 8.83 Å². The molecule has 0 aliphatic carbocycles. The van der Waals surface area contributed by atoms with Crippen LogP contribution in [0.2, 0.25) is 0 Å². The summed E-state index contributed by atoms with van der Waals surface area (Å²) in [6.07, 6.45) is 1.56. The molecule has 0 radical (unpaired) electrons. The molecule has 0 fully saturated rings. The highest BCUT2D eigenvalue weighted by Gasteiger charge is 2.14. The molecule has 114 valence electrons. The van der Waals surface area contributed by atoms with Crippen molar-refractivity contribution in [2.24, 2.45) is 0 Å². The third-order valence-corrected chi connectivity index (χ3v) is 3.81. The van der Waals surface area contributed by atoms with Gasteiger partial charge in [-0.1, -0.05) is 30.0 Å². The van der Waals surface area contributed by atoms with Crippen LogP contribution in [0.3, 0.4) is 0 Å².